The van der Waals surface area contributed by atoms with Crippen LogP contribution in [0.2, 0.25) is 0 Å². The summed E-state index contributed by atoms with van der Waals surface area (Å²) in [4.78, 5) is 12.0. The van der Waals surface area contributed by atoms with Crippen LogP contribution in [0, 0.1) is 0 Å². The Labute approximate surface area is 147 Å². The Balaban J connectivity index is 2.07. The lowest BCUT2D eigenvalue weighted by atomic mass is 10.0. The first-order valence-corrected chi connectivity index (χ1v) is 9.67. The van der Waals surface area contributed by atoms with E-state index in [2.05, 4.69) is 12.2 Å². The highest BCUT2D eigenvalue weighted by molar-refractivity contribution is 5.76. The molecule has 0 radical (unpaired) electrons. The second-order valence-corrected chi connectivity index (χ2v) is 6.79. The molecular weight excluding hydrogens is 298 g/mol. The van der Waals surface area contributed by atoms with Crippen LogP contribution in [0.3, 0.4) is 0 Å². The van der Waals surface area contributed by atoms with Crippen molar-refractivity contribution in [2.75, 3.05) is 0 Å². The number of nitrogens with one attached hydrogen (secondary N) is 1. The van der Waals surface area contributed by atoms with E-state index in [-0.39, 0.29) is 11.9 Å². The van der Waals surface area contributed by atoms with Crippen molar-refractivity contribution in [3.63, 3.8) is 0 Å². The summed E-state index contributed by atoms with van der Waals surface area (Å²) >= 11 is 0. The van der Waals surface area contributed by atoms with Crippen LogP contribution in [0.4, 0.5) is 0 Å². The standard InChI is InChI=1S/C21H35NO2/c1-3-4-5-6-7-8-9-10-14-17-20(23)22-18(2)21(24)19-15-12-11-13-16-19/h11-13,15-16,18,21,24H,3-10,14,17H2,1-2H3,(H,22,23). The van der Waals surface area contributed by atoms with E-state index >= 15 is 0 Å². The topological polar surface area (TPSA) is 49.3 Å². The number of benzene rings is 1. The second-order valence-electron chi connectivity index (χ2n) is 6.79. The average Bonchev–Trinajstić information content (AvgIpc) is 2.60. The fourth-order valence-electron chi connectivity index (χ4n) is 2.94. The summed E-state index contributed by atoms with van der Waals surface area (Å²) in [6, 6.07) is 9.22. The zero-order valence-corrected chi connectivity index (χ0v) is 15.5. The zero-order chi connectivity index (χ0) is 17.6. The Bertz CT molecular complexity index is 433. The van der Waals surface area contributed by atoms with Gasteiger partial charge in [-0.25, -0.2) is 0 Å². The minimum atomic E-state index is -0.654. The summed E-state index contributed by atoms with van der Waals surface area (Å²) in [5.74, 6) is 0.0421. The molecule has 0 bridgehead atoms. The summed E-state index contributed by atoms with van der Waals surface area (Å²) in [5.41, 5.74) is 0.841. The molecule has 0 fully saturated rings. The van der Waals surface area contributed by atoms with Crippen molar-refractivity contribution in [3.05, 3.63) is 35.9 Å². The normalized spacial score (nSPS) is 13.5. The first kappa shape index (κ1) is 20.7. The van der Waals surface area contributed by atoms with Crippen molar-refractivity contribution in [1.29, 1.82) is 0 Å². The summed E-state index contributed by atoms with van der Waals surface area (Å²) < 4.78 is 0. The van der Waals surface area contributed by atoms with Crippen LogP contribution in [0.5, 0.6) is 0 Å². The third-order valence-corrected chi connectivity index (χ3v) is 4.51. The fraction of sp³-hybridized carbons (Fsp3) is 0.667. The Kier molecular flexibility index (Phi) is 11.2. The molecule has 3 nitrogen and oxygen atoms in total. The molecule has 0 aromatic heterocycles. The molecule has 2 N–H and O–H groups in total. The monoisotopic (exact) mass is 333 g/mol. The van der Waals surface area contributed by atoms with Crippen molar-refractivity contribution >= 4 is 5.91 Å². The minimum Gasteiger partial charge on any atom is -0.386 e. The van der Waals surface area contributed by atoms with Gasteiger partial charge in [0.15, 0.2) is 0 Å². The van der Waals surface area contributed by atoms with Gasteiger partial charge in [0.1, 0.15) is 0 Å². The number of aliphatic hydroxyl groups excluding tert-OH is 1. The first-order chi connectivity index (χ1) is 11.6. The number of carbonyl (C=O) groups is 1. The molecule has 3 heteroatoms. The Morgan fingerprint density at radius 3 is 2.08 bits per heavy atom. The van der Waals surface area contributed by atoms with Crippen LogP contribution in [-0.2, 0) is 4.79 Å². The molecule has 0 spiro atoms. The Morgan fingerprint density at radius 1 is 0.958 bits per heavy atom. The summed E-state index contributed by atoms with van der Waals surface area (Å²) in [6.07, 6.45) is 11.2. The van der Waals surface area contributed by atoms with Gasteiger partial charge in [0.2, 0.25) is 5.91 Å². The van der Waals surface area contributed by atoms with Gasteiger partial charge in [-0.15, -0.1) is 0 Å². The van der Waals surface area contributed by atoms with E-state index in [1.807, 2.05) is 37.3 Å². The third kappa shape index (κ3) is 9.07. The summed E-state index contributed by atoms with van der Waals surface area (Å²) in [7, 11) is 0. The Hall–Kier alpha value is -1.35. The van der Waals surface area contributed by atoms with Crippen molar-refractivity contribution in [2.45, 2.75) is 90.2 Å². The number of unbranched alkanes of at least 4 members (excludes halogenated alkanes) is 8. The molecule has 136 valence electrons. The van der Waals surface area contributed by atoms with Gasteiger partial charge in [0, 0.05) is 6.42 Å². The Morgan fingerprint density at radius 2 is 1.50 bits per heavy atom. The van der Waals surface area contributed by atoms with E-state index in [9.17, 15) is 9.90 Å². The minimum absolute atomic E-state index is 0.0421. The van der Waals surface area contributed by atoms with Gasteiger partial charge in [-0.2, -0.15) is 0 Å². The number of hydrogen-bond donors (Lipinski definition) is 2. The van der Waals surface area contributed by atoms with Crippen LogP contribution < -0.4 is 5.32 Å². The van der Waals surface area contributed by atoms with E-state index in [4.69, 9.17) is 0 Å². The van der Waals surface area contributed by atoms with Crippen molar-refractivity contribution in [1.82, 2.24) is 5.32 Å². The molecule has 0 saturated heterocycles. The maximum atomic E-state index is 12.0. The molecule has 0 heterocycles. The van der Waals surface area contributed by atoms with E-state index in [0.717, 1.165) is 18.4 Å². The van der Waals surface area contributed by atoms with Crippen molar-refractivity contribution in [3.8, 4) is 0 Å². The maximum absolute atomic E-state index is 12.0. The highest BCUT2D eigenvalue weighted by Crippen LogP contribution is 2.16. The molecule has 0 aliphatic rings. The molecular formula is C21H35NO2. The second kappa shape index (κ2) is 13.0. The van der Waals surface area contributed by atoms with Gasteiger partial charge in [0.05, 0.1) is 12.1 Å². The van der Waals surface area contributed by atoms with Crippen molar-refractivity contribution < 1.29 is 9.90 Å². The van der Waals surface area contributed by atoms with E-state index in [0.29, 0.717) is 6.42 Å². The van der Waals surface area contributed by atoms with Crippen LogP contribution >= 0.6 is 0 Å². The fourth-order valence-corrected chi connectivity index (χ4v) is 2.94. The quantitative estimate of drug-likeness (QED) is 0.491. The molecule has 24 heavy (non-hydrogen) atoms. The lowest BCUT2D eigenvalue weighted by Crippen LogP contribution is -2.36. The van der Waals surface area contributed by atoms with Gasteiger partial charge < -0.3 is 10.4 Å². The van der Waals surface area contributed by atoms with Gasteiger partial charge in [-0.3, -0.25) is 4.79 Å². The third-order valence-electron chi connectivity index (χ3n) is 4.51. The van der Waals surface area contributed by atoms with Crippen LogP contribution in [0.15, 0.2) is 30.3 Å². The van der Waals surface area contributed by atoms with E-state index in [1.165, 1.54) is 44.9 Å². The van der Waals surface area contributed by atoms with Gasteiger partial charge >= 0.3 is 0 Å². The molecule has 1 amide bonds. The number of rotatable bonds is 13. The van der Waals surface area contributed by atoms with E-state index in [1.54, 1.807) is 0 Å². The average molecular weight is 334 g/mol. The molecule has 1 aromatic carbocycles. The lowest BCUT2D eigenvalue weighted by Gasteiger charge is -2.20. The molecule has 0 aliphatic carbocycles. The zero-order valence-electron chi connectivity index (χ0n) is 15.5. The van der Waals surface area contributed by atoms with Gasteiger partial charge in [-0.1, -0.05) is 88.6 Å². The largest absolute Gasteiger partial charge is 0.386 e. The smallest absolute Gasteiger partial charge is 0.220 e. The highest BCUT2D eigenvalue weighted by Gasteiger charge is 2.17. The van der Waals surface area contributed by atoms with Crippen LogP contribution in [0.25, 0.3) is 0 Å². The molecule has 0 saturated carbocycles. The molecule has 1 rings (SSSR count). The molecule has 1 aromatic rings. The highest BCUT2D eigenvalue weighted by atomic mass is 16.3. The number of amides is 1. The SMILES string of the molecule is CCCCCCCCCCCC(=O)NC(C)C(O)c1ccccc1. The van der Waals surface area contributed by atoms with Crippen LogP contribution in [0.1, 0.15) is 89.7 Å². The van der Waals surface area contributed by atoms with Crippen molar-refractivity contribution in [2.24, 2.45) is 0 Å². The predicted molar refractivity (Wildman–Crippen MR) is 101 cm³/mol. The lowest BCUT2D eigenvalue weighted by molar-refractivity contribution is -0.122. The first-order valence-electron chi connectivity index (χ1n) is 9.67. The maximum Gasteiger partial charge on any atom is 0.220 e. The van der Waals surface area contributed by atoms with Gasteiger partial charge in [0.25, 0.3) is 0 Å². The molecule has 2 atom stereocenters. The van der Waals surface area contributed by atoms with Gasteiger partial charge in [-0.05, 0) is 18.9 Å². The number of carbonyl (C=O) groups excluding carboxylic acids is 1. The summed E-state index contributed by atoms with van der Waals surface area (Å²) in [5, 5.41) is 13.2. The molecule has 0 aliphatic heterocycles. The number of aliphatic hydroxyl groups is 1. The number of hydrogen-bond acceptors (Lipinski definition) is 2. The van der Waals surface area contributed by atoms with Crippen LogP contribution in [-0.4, -0.2) is 17.1 Å². The molecule has 2 unspecified atom stereocenters. The van der Waals surface area contributed by atoms with E-state index < -0.39 is 6.10 Å². The predicted octanol–water partition coefficient (Wildman–Crippen LogP) is 5.15. The summed E-state index contributed by atoms with van der Waals surface area (Å²) in [6.45, 7) is 4.09.